The predicted octanol–water partition coefficient (Wildman–Crippen LogP) is 4.07. The van der Waals surface area contributed by atoms with Crippen LogP contribution in [0.2, 0.25) is 0 Å². The fourth-order valence-electron chi connectivity index (χ4n) is 4.38. The Hall–Kier alpha value is -1.35. The predicted molar refractivity (Wildman–Crippen MR) is 98.9 cm³/mol. The second kappa shape index (κ2) is 8.15. The third kappa shape index (κ3) is 4.18. The minimum atomic E-state index is 0.264. The van der Waals surface area contributed by atoms with E-state index in [1.165, 1.54) is 30.4 Å². The van der Waals surface area contributed by atoms with Crippen molar-refractivity contribution in [3.8, 4) is 0 Å². The van der Waals surface area contributed by atoms with Crippen LogP contribution in [0, 0.1) is 18.8 Å². The molecule has 1 amide bonds. The molecular weight excluding hydrogens is 296 g/mol. The number of aryl methyl sites for hydroxylation is 1. The normalized spacial score (nSPS) is 25.7. The van der Waals surface area contributed by atoms with Gasteiger partial charge in [-0.1, -0.05) is 36.8 Å². The van der Waals surface area contributed by atoms with Crippen LogP contribution in [0.5, 0.6) is 0 Å². The molecule has 0 aliphatic carbocycles. The first kappa shape index (κ1) is 17.5. The number of likely N-dealkylation sites (tertiary alicyclic amines) is 1. The van der Waals surface area contributed by atoms with E-state index in [4.69, 9.17) is 0 Å². The van der Waals surface area contributed by atoms with E-state index >= 15 is 0 Å². The Morgan fingerprint density at radius 1 is 1.17 bits per heavy atom. The van der Waals surface area contributed by atoms with Gasteiger partial charge in [0, 0.05) is 13.0 Å². The molecule has 132 valence electrons. The summed E-state index contributed by atoms with van der Waals surface area (Å²) >= 11 is 0. The summed E-state index contributed by atoms with van der Waals surface area (Å²) in [4.78, 5) is 15.1. The van der Waals surface area contributed by atoms with E-state index in [2.05, 4.69) is 48.3 Å². The molecule has 2 unspecified atom stereocenters. The summed E-state index contributed by atoms with van der Waals surface area (Å²) < 4.78 is 0. The van der Waals surface area contributed by atoms with Gasteiger partial charge < -0.3 is 10.2 Å². The van der Waals surface area contributed by atoms with Gasteiger partial charge in [0.05, 0.1) is 6.04 Å². The summed E-state index contributed by atoms with van der Waals surface area (Å²) in [6.45, 7) is 7.58. The largest absolute Gasteiger partial charge is 0.335 e. The molecule has 0 bridgehead atoms. The van der Waals surface area contributed by atoms with Gasteiger partial charge >= 0.3 is 0 Å². The number of hydrogen-bond acceptors (Lipinski definition) is 2. The van der Waals surface area contributed by atoms with Crippen molar-refractivity contribution in [2.45, 2.75) is 58.4 Å². The molecule has 0 aromatic heterocycles. The summed E-state index contributed by atoms with van der Waals surface area (Å²) in [5.74, 6) is 1.64. The second-order valence-corrected chi connectivity index (χ2v) is 7.79. The first-order valence-electron chi connectivity index (χ1n) is 9.72. The molecule has 1 aromatic carbocycles. The Labute approximate surface area is 146 Å². The van der Waals surface area contributed by atoms with Gasteiger partial charge in [0.2, 0.25) is 5.91 Å². The molecule has 3 heteroatoms. The van der Waals surface area contributed by atoms with Gasteiger partial charge in [-0.05, 0) is 69.5 Å². The van der Waals surface area contributed by atoms with Gasteiger partial charge in [-0.15, -0.1) is 0 Å². The lowest BCUT2D eigenvalue weighted by Crippen LogP contribution is -2.42. The number of piperidine rings is 2. The highest BCUT2D eigenvalue weighted by molar-refractivity contribution is 5.77. The summed E-state index contributed by atoms with van der Waals surface area (Å²) in [6.07, 6.45) is 6.60. The van der Waals surface area contributed by atoms with Crippen LogP contribution in [-0.4, -0.2) is 30.4 Å². The second-order valence-electron chi connectivity index (χ2n) is 7.79. The Morgan fingerprint density at radius 3 is 2.58 bits per heavy atom. The first-order valence-corrected chi connectivity index (χ1v) is 9.72. The maximum atomic E-state index is 12.9. The molecule has 24 heavy (non-hydrogen) atoms. The minimum Gasteiger partial charge on any atom is -0.335 e. The minimum absolute atomic E-state index is 0.264. The van der Waals surface area contributed by atoms with Gasteiger partial charge in [-0.3, -0.25) is 4.79 Å². The van der Waals surface area contributed by atoms with Crippen molar-refractivity contribution >= 4 is 5.91 Å². The molecular formula is C21H32N2O. The topological polar surface area (TPSA) is 32.3 Å². The zero-order chi connectivity index (χ0) is 16.9. The molecule has 0 spiro atoms. The number of rotatable bonds is 4. The fourth-order valence-corrected chi connectivity index (χ4v) is 4.38. The van der Waals surface area contributed by atoms with Crippen LogP contribution in [0.25, 0.3) is 0 Å². The van der Waals surface area contributed by atoms with E-state index in [1.54, 1.807) is 0 Å². The average molecular weight is 329 g/mol. The lowest BCUT2D eigenvalue weighted by Gasteiger charge is -2.41. The van der Waals surface area contributed by atoms with Crippen molar-refractivity contribution in [2.75, 3.05) is 19.6 Å². The van der Waals surface area contributed by atoms with Crippen LogP contribution in [-0.2, 0) is 4.79 Å². The molecule has 2 saturated heterocycles. The highest BCUT2D eigenvalue weighted by Gasteiger charge is 2.32. The van der Waals surface area contributed by atoms with Gasteiger partial charge in [0.15, 0.2) is 0 Å². The van der Waals surface area contributed by atoms with E-state index < -0.39 is 0 Å². The van der Waals surface area contributed by atoms with E-state index in [-0.39, 0.29) is 6.04 Å². The first-order chi connectivity index (χ1) is 11.6. The number of nitrogens with one attached hydrogen (secondary N) is 1. The quantitative estimate of drug-likeness (QED) is 0.903. The number of amides is 1. The molecule has 0 radical (unpaired) electrons. The number of nitrogens with zero attached hydrogens (tertiary/aromatic N) is 1. The summed E-state index contributed by atoms with van der Waals surface area (Å²) in [5, 5.41) is 3.41. The Kier molecular flexibility index (Phi) is 5.94. The zero-order valence-electron chi connectivity index (χ0n) is 15.3. The van der Waals surface area contributed by atoms with Crippen molar-refractivity contribution in [3.05, 3.63) is 35.4 Å². The Morgan fingerprint density at radius 2 is 1.88 bits per heavy atom. The number of carbonyl (C=O) groups excluding carboxylic acids is 1. The van der Waals surface area contributed by atoms with Gasteiger partial charge in [0.25, 0.3) is 0 Å². The lowest BCUT2D eigenvalue weighted by atomic mass is 9.85. The summed E-state index contributed by atoms with van der Waals surface area (Å²) in [6, 6.07) is 9.05. The van der Waals surface area contributed by atoms with Crippen LogP contribution in [0.3, 0.4) is 0 Å². The molecule has 2 heterocycles. The molecule has 0 saturated carbocycles. The van der Waals surface area contributed by atoms with Crippen molar-refractivity contribution in [2.24, 2.45) is 11.8 Å². The molecule has 2 aliphatic heterocycles. The SMILES string of the molecule is Cc1ccc(C2C(C)CCCN2C(=O)CCC2CCNCC2)cc1. The van der Waals surface area contributed by atoms with Crippen LogP contribution in [0.4, 0.5) is 0 Å². The molecule has 2 fully saturated rings. The van der Waals surface area contributed by atoms with Crippen molar-refractivity contribution in [1.29, 1.82) is 0 Å². The number of benzene rings is 1. The van der Waals surface area contributed by atoms with Crippen molar-refractivity contribution in [3.63, 3.8) is 0 Å². The maximum Gasteiger partial charge on any atom is 0.223 e. The van der Waals surface area contributed by atoms with Crippen LogP contribution < -0.4 is 5.32 Å². The lowest BCUT2D eigenvalue weighted by molar-refractivity contribution is -0.137. The Bertz CT molecular complexity index is 533. The van der Waals surface area contributed by atoms with Crippen LogP contribution in [0.1, 0.15) is 62.6 Å². The summed E-state index contributed by atoms with van der Waals surface area (Å²) in [5.41, 5.74) is 2.59. The smallest absolute Gasteiger partial charge is 0.223 e. The molecule has 2 aliphatic rings. The van der Waals surface area contributed by atoms with E-state index in [0.29, 0.717) is 11.8 Å². The molecule has 3 rings (SSSR count). The van der Waals surface area contributed by atoms with Gasteiger partial charge in [0.1, 0.15) is 0 Å². The van der Waals surface area contributed by atoms with Gasteiger partial charge in [-0.2, -0.15) is 0 Å². The van der Waals surface area contributed by atoms with Crippen LogP contribution >= 0.6 is 0 Å². The standard InChI is InChI=1S/C21H32N2O/c1-16-5-8-19(9-6-16)21-17(2)4-3-15-23(21)20(24)10-7-18-11-13-22-14-12-18/h5-6,8-9,17-18,21-22H,3-4,7,10-15H2,1-2H3. The highest BCUT2D eigenvalue weighted by Crippen LogP contribution is 2.36. The van der Waals surface area contributed by atoms with E-state index in [9.17, 15) is 4.79 Å². The fraction of sp³-hybridized carbons (Fsp3) is 0.667. The molecule has 1 aromatic rings. The monoisotopic (exact) mass is 328 g/mol. The Balaban J connectivity index is 1.66. The average Bonchev–Trinajstić information content (AvgIpc) is 2.61. The third-order valence-electron chi connectivity index (χ3n) is 5.90. The zero-order valence-corrected chi connectivity index (χ0v) is 15.3. The maximum absolute atomic E-state index is 12.9. The third-order valence-corrected chi connectivity index (χ3v) is 5.90. The van der Waals surface area contributed by atoms with Crippen LogP contribution in [0.15, 0.2) is 24.3 Å². The van der Waals surface area contributed by atoms with E-state index in [1.807, 2.05) is 0 Å². The number of hydrogen-bond donors (Lipinski definition) is 1. The summed E-state index contributed by atoms with van der Waals surface area (Å²) in [7, 11) is 0. The van der Waals surface area contributed by atoms with Gasteiger partial charge in [-0.25, -0.2) is 0 Å². The van der Waals surface area contributed by atoms with Crippen molar-refractivity contribution in [1.82, 2.24) is 10.2 Å². The molecule has 3 nitrogen and oxygen atoms in total. The molecule has 2 atom stereocenters. The molecule has 1 N–H and O–H groups in total. The van der Waals surface area contributed by atoms with E-state index in [0.717, 1.165) is 44.8 Å². The van der Waals surface area contributed by atoms with Crippen molar-refractivity contribution < 1.29 is 4.79 Å². The highest BCUT2D eigenvalue weighted by atomic mass is 16.2. The number of carbonyl (C=O) groups is 1.